The summed E-state index contributed by atoms with van der Waals surface area (Å²) in [5.41, 5.74) is -4.25. The molecule has 6 nitrogen and oxygen atoms in total. The van der Waals surface area contributed by atoms with Gasteiger partial charge in [0.05, 0.1) is 18.6 Å². The molecule has 210 valence electrons. The highest BCUT2D eigenvalue weighted by molar-refractivity contribution is 6.01. The third kappa shape index (κ3) is 3.34. The number of Topliss-reactive ketones (excluding diaryl/α,β-unsaturated/α-hetero) is 1. The highest BCUT2D eigenvalue weighted by Crippen LogP contribution is 2.74. The number of ether oxygens (including phenoxy) is 1. The Labute approximate surface area is 227 Å². The number of ketones is 2. The molecule has 3 saturated carbocycles. The molecule has 0 radical (unpaired) electrons. The Kier molecular flexibility index (Phi) is 6.04. The molecule has 8 heteroatoms. The van der Waals surface area contributed by atoms with Crippen molar-refractivity contribution in [1.29, 1.82) is 0 Å². The molecular formula is C31H37F2NO5. The van der Waals surface area contributed by atoms with Crippen molar-refractivity contribution in [3.8, 4) is 5.75 Å². The number of benzene rings is 1. The summed E-state index contributed by atoms with van der Waals surface area (Å²) in [4.78, 5) is 28.0. The van der Waals surface area contributed by atoms with Crippen molar-refractivity contribution >= 4 is 11.6 Å². The summed E-state index contributed by atoms with van der Waals surface area (Å²) in [6, 6.07) is 7.75. The molecule has 1 aromatic carbocycles. The number of hydrogen-bond acceptors (Lipinski definition) is 6. The van der Waals surface area contributed by atoms with Gasteiger partial charge in [-0.2, -0.15) is 0 Å². The summed E-state index contributed by atoms with van der Waals surface area (Å²) >= 11 is 0. The van der Waals surface area contributed by atoms with Gasteiger partial charge in [0.25, 0.3) is 0 Å². The lowest BCUT2D eigenvalue weighted by molar-refractivity contribution is -0.212. The molecular weight excluding hydrogens is 504 g/mol. The molecule has 4 fully saturated rings. The largest absolute Gasteiger partial charge is 0.497 e. The number of likely N-dealkylation sites (tertiary alicyclic amines) is 1. The van der Waals surface area contributed by atoms with Crippen LogP contribution in [0.25, 0.3) is 0 Å². The zero-order valence-electron chi connectivity index (χ0n) is 22.7. The standard InChI is InChI=1S/C31H37F2NO5/c1-28-9-8-20(36)11-24(28)25(32)12-23-22-10-19-15-34(14-18-4-6-21(39-3)7-5-18)17-30(19,27(38)16-35)29(22,2)13-26(37)31(23,28)33/h4-9,11,19,22-23,25-26,35,37H,10,12-17H2,1-3H3/t19-,22?,23-,25-,26-,28-,29-,30+,31-/m0/s1. The van der Waals surface area contributed by atoms with Crippen molar-refractivity contribution in [3.63, 3.8) is 0 Å². The molecule has 1 aromatic rings. The summed E-state index contributed by atoms with van der Waals surface area (Å²) in [5.74, 6) is -1.22. The molecule has 5 aliphatic rings. The van der Waals surface area contributed by atoms with Crippen LogP contribution in [0.15, 0.2) is 48.1 Å². The normalized spacial score (nSPS) is 44.7. The number of carbonyl (C=O) groups excluding carboxylic acids is 2. The second kappa shape index (κ2) is 8.79. The predicted molar refractivity (Wildman–Crippen MR) is 140 cm³/mol. The van der Waals surface area contributed by atoms with E-state index < -0.39 is 46.7 Å². The van der Waals surface area contributed by atoms with Gasteiger partial charge in [0.15, 0.2) is 17.2 Å². The Bertz CT molecular complexity index is 1260. The van der Waals surface area contributed by atoms with E-state index in [2.05, 4.69) is 4.90 Å². The number of rotatable bonds is 5. The highest BCUT2D eigenvalue weighted by Gasteiger charge is 2.78. The van der Waals surface area contributed by atoms with Crippen LogP contribution in [0.2, 0.25) is 0 Å². The molecule has 1 unspecified atom stereocenters. The molecule has 1 heterocycles. The average molecular weight is 542 g/mol. The molecule has 1 aliphatic heterocycles. The smallest absolute Gasteiger partial charge is 0.178 e. The van der Waals surface area contributed by atoms with Crippen molar-refractivity contribution in [2.75, 3.05) is 26.8 Å². The van der Waals surface area contributed by atoms with Crippen molar-refractivity contribution in [3.05, 3.63) is 53.6 Å². The number of hydrogen-bond donors (Lipinski definition) is 2. The summed E-state index contributed by atoms with van der Waals surface area (Å²) < 4.78 is 38.5. The first-order valence-electron chi connectivity index (χ1n) is 13.9. The molecule has 9 atom stereocenters. The first-order chi connectivity index (χ1) is 18.4. The maximum atomic E-state index is 17.5. The minimum absolute atomic E-state index is 0.0326. The zero-order valence-corrected chi connectivity index (χ0v) is 22.7. The number of allylic oxidation sites excluding steroid dienone is 4. The van der Waals surface area contributed by atoms with Gasteiger partial charge in [0, 0.05) is 31.0 Å². The summed E-state index contributed by atoms with van der Waals surface area (Å²) in [6.07, 6.45) is 1.36. The van der Waals surface area contributed by atoms with Gasteiger partial charge in [-0.3, -0.25) is 14.5 Å². The molecule has 0 aromatic heterocycles. The molecule has 2 N–H and O–H groups in total. The number of carbonyl (C=O) groups is 2. The third-order valence-corrected chi connectivity index (χ3v) is 11.4. The minimum atomic E-state index is -2.17. The van der Waals surface area contributed by atoms with Gasteiger partial charge < -0.3 is 14.9 Å². The Balaban J connectivity index is 1.37. The molecule has 0 amide bonds. The fourth-order valence-electron chi connectivity index (χ4n) is 9.63. The number of aliphatic hydroxyl groups is 2. The molecule has 6 rings (SSSR count). The lowest BCUT2D eigenvalue weighted by Gasteiger charge is -2.63. The first-order valence-corrected chi connectivity index (χ1v) is 13.9. The second-order valence-corrected chi connectivity index (χ2v) is 12.9. The Morgan fingerprint density at radius 3 is 2.56 bits per heavy atom. The van der Waals surface area contributed by atoms with Gasteiger partial charge in [-0.05, 0) is 78.9 Å². The van der Waals surface area contributed by atoms with Gasteiger partial charge >= 0.3 is 0 Å². The van der Waals surface area contributed by atoms with E-state index in [1.165, 1.54) is 18.2 Å². The average Bonchev–Trinajstić information content (AvgIpc) is 3.39. The fraction of sp³-hybridized carbons (Fsp3) is 0.613. The van der Waals surface area contributed by atoms with Crippen LogP contribution >= 0.6 is 0 Å². The Hall–Kier alpha value is -2.42. The Morgan fingerprint density at radius 2 is 1.90 bits per heavy atom. The minimum Gasteiger partial charge on any atom is -0.497 e. The first kappa shape index (κ1) is 26.8. The van der Waals surface area contributed by atoms with Gasteiger partial charge in [-0.25, -0.2) is 8.78 Å². The summed E-state index contributed by atoms with van der Waals surface area (Å²) in [5, 5.41) is 21.8. The lowest BCUT2D eigenvalue weighted by atomic mass is 9.43. The molecule has 4 aliphatic carbocycles. The maximum absolute atomic E-state index is 17.5. The van der Waals surface area contributed by atoms with Crippen molar-refractivity contribution < 1.29 is 33.3 Å². The maximum Gasteiger partial charge on any atom is 0.178 e. The monoisotopic (exact) mass is 541 g/mol. The number of alkyl halides is 2. The van der Waals surface area contributed by atoms with Crippen molar-refractivity contribution in [2.45, 2.75) is 57.6 Å². The number of aliphatic hydroxyl groups excluding tert-OH is 2. The number of nitrogens with zero attached hydrogens (tertiary/aromatic N) is 1. The van der Waals surface area contributed by atoms with Crippen LogP contribution in [-0.2, 0) is 16.1 Å². The highest BCUT2D eigenvalue weighted by atomic mass is 19.1. The lowest BCUT2D eigenvalue weighted by Crippen LogP contribution is -2.69. The van der Waals surface area contributed by atoms with E-state index in [1.54, 1.807) is 14.0 Å². The van der Waals surface area contributed by atoms with E-state index >= 15 is 8.78 Å². The number of halogens is 2. The van der Waals surface area contributed by atoms with Crippen molar-refractivity contribution in [2.24, 2.45) is 34.0 Å². The van der Waals surface area contributed by atoms with E-state index in [-0.39, 0.29) is 41.8 Å². The Morgan fingerprint density at radius 1 is 1.18 bits per heavy atom. The van der Waals surface area contributed by atoms with Crippen LogP contribution in [-0.4, -0.2) is 71.4 Å². The van der Waals surface area contributed by atoms with E-state index in [0.717, 1.165) is 11.3 Å². The quantitative estimate of drug-likeness (QED) is 0.593. The molecule has 0 bridgehead atoms. The van der Waals surface area contributed by atoms with Crippen LogP contribution in [0.1, 0.15) is 38.7 Å². The number of methoxy groups -OCH3 is 1. The van der Waals surface area contributed by atoms with Crippen molar-refractivity contribution in [1.82, 2.24) is 4.90 Å². The molecule has 39 heavy (non-hydrogen) atoms. The van der Waals surface area contributed by atoms with E-state index in [0.29, 0.717) is 26.1 Å². The van der Waals surface area contributed by atoms with Crippen LogP contribution in [0.3, 0.4) is 0 Å². The van der Waals surface area contributed by atoms with Gasteiger partial charge in [-0.15, -0.1) is 0 Å². The topological polar surface area (TPSA) is 87.1 Å². The van der Waals surface area contributed by atoms with Crippen LogP contribution in [0.4, 0.5) is 8.78 Å². The second-order valence-electron chi connectivity index (χ2n) is 12.9. The predicted octanol–water partition coefficient (Wildman–Crippen LogP) is 3.60. The van der Waals surface area contributed by atoms with Crippen LogP contribution in [0, 0.1) is 34.0 Å². The third-order valence-electron chi connectivity index (χ3n) is 11.4. The van der Waals surface area contributed by atoms with E-state index in [1.807, 2.05) is 31.2 Å². The van der Waals surface area contributed by atoms with Gasteiger partial charge in [0.1, 0.15) is 18.5 Å². The number of fused-ring (bicyclic) bond motifs is 7. The SMILES string of the molecule is COc1ccc(CN2C[C@@H]3CC4[C@@H]5C[C@H](F)C6=CC(=O)C=C[C@]6(C)[C@@]5(F)[C@@H](O)C[C@]4(C)[C@]3(C(=O)CO)C2)cc1. The van der Waals surface area contributed by atoms with Gasteiger partial charge in [-0.1, -0.05) is 25.1 Å². The zero-order chi connectivity index (χ0) is 28.0. The molecule has 0 spiro atoms. The van der Waals surface area contributed by atoms with Crippen LogP contribution in [0.5, 0.6) is 5.75 Å². The molecule has 1 saturated heterocycles. The summed E-state index contributed by atoms with van der Waals surface area (Å²) in [7, 11) is 1.61. The van der Waals surface area contributed by atoms with E-state index in [4.69, 9.17) is 4.74 Å². The van der Waals surface area contributed by atoms with E-state index in [9.17, 15) is 19.8 Å². The van der Waals surface area contributed by atoms with Crippen LogP contribution < -0.4 is 4.74 Å². The fourth-order valence-corrected chi connectivity index (χ4v) is 9.63. The van der Waals surface area contributed by atoms with Gasteiger partial charge in [0.2, 0.25) is 0 Å². The summed E-state index contributed by atoms with van der Waals surface area (Å²) in [6.45, 7) is 4.52.